The predicted molar refractivity (Wildman–Crippen MR) is 132 cm³/mol. The summed E-state index contributed by atoms with van der Waals surface area (Å²) in [5.74, 6) is -0.0918. The number of para-hydroxylation sites is 1. The van der Waals surface area contributed by atoms with E-state index in [1.165, 1.54) is 36.3 Å². The van der Waals surface area contributed by atoms with Crippen molar-refractivity contribution in [2.45, 2.75) is 6.61 Å². The summed E-state index contributed by atoms with van der Waals surface area (Å²) in [6.45, 7) is 0.110. The fraction of sp³-hybridized carbons (Fsp3) is 0.0833. The third kappa shape index (κ3) is 4.92. The van der Waals surface area contributed by atoms with E-state index < -0.39 is 16.6 Å². The van der Waals surface area contributed by atoms with Crippen molar-refractivity contribution in [2.75, 3.05) is 12.0 Å². The van der Waals surface area contributed by atoms with Crippen LogP contribution in [0.1, 0.15) is 11.1 Å². The molecule has 0 N–H and O–H groups in total. The monoisotopic (exact) mass is 496 g/mol. The number of hydrogen-bond acceptors (Lipinski definition) is 7. The van der Waals surface area contributed by atoms with Gasteiger partial charge in [-0.3, -0.25) is 19.8 Å². The number of ether oxygens (including phenoxy) is 2. The van der Waals surface area contributed by atoms with E-state index in [4.69, 9.17) is 21.7 Å². The zero-order valence-corrected chi connectivity index (χ0v) is 19.4. The number of hydrogen-bond donors (Lipinski definition) is 0. The molecule has 0 radical (unpaired) electrons. The van der Waals surface area contributed by atoms with Crippen LogP contribution in [0, 0.1) is 15.9 Å². The van der Waals surface area contributed by atoms with Crippen LogP contribution in [0.5, 0.6) is 11.5 Å². The normalized spacial score (nSPS) is 14.5. The molecule has 0 unspecified atom stereocenters. The van der Waals surface area contributed by atoms with Crippen LogP contribution in [-0.2, 0) is 11.4 Å². The standard InChI is InChI=1S/C24H17FN2O5S2/c1-31-21-12-15(9-10-20(21)32-14-16-5-4-6-17(11-16)27(29)30)13-22-23(28)26(24(33)34-22)19-8-3-2-7-18(19)25/h2-13H,14H2,1H3/b22-13-. The molecule has 10 heteroatoms. The summed E-state index contributed by atoms with van der Waals surface area (Å²) in [6.07, 6.45) is 1.65. The summed E-state index contributed by atoms with van der Waals surface area (Å²) in [7, 11) is 1.48. The lowest BCUT2D eigenvalue weighted by Crippen LogP contribution is -2.28. The molecule has 3 aromatic carbocycles. The summed E-state index contributed by atoms with van der Waals surface area (Å²) in [6, 6.07) is 17.2. The van der Waals surface area contributed by atoms with E-state index in [0.717, 1.165) is 11.8 Å². The Kier molecular flexibility index (Phi) is 6.90. The number of non-ortho nitro benzene ring substituents is 1. The SMILES string of the molecule is COc1cc(/C=C2\SC(=S)N(c3ccccc3F)C2=O)ccc1OCc1cccc([N+](=O)[O-])c1. The van der Waals surface area contributed by atoms with E-state index in [1.807, 2.05) is 0 Å². The molecule has 1 amide bonds. The van der Waals surface area contributed by atoms with Gasteiger partial charge in [-0.1, -0.05) is 54.3 Å². The number of nitro benzene ring substituents is 1. The van der Waals surface area contributed by atoms with Gasteiger partial charge in [-0.25, -0.2) is 4.39 Å². The second-order valence-electron chi connectivity index (χ2n) is 7.09. The molecule has 34 heavy (non-hydrogen) atoms. The number of carbonyl (C=O) groups excluding carboxylic acids is 1. The maximum Gasteiger partial charge on any atom is 0.270 e. The Morgan fingerprint density at radius 3 is 2.65 bits per heavy atom. The van der Waals surface area contributed by atoms with E-state index in [1.54, 1.807) is 48.5 Å². The largest absolute Gasteiger partial charge is 0.493 e. The molecule has 0 atom stereocenters. The van der Waals surface area contributed by atoms with Crippen LogP contribution in [0.2, 0.25) is 0 Å². The van der Waals surface area contributed by atoms with Crippen molar-refractivity contribution in [1.82, 2.24) is 0 Å². The lowest BCUT2D eigenvalue weighted by molar-refractivity contribution is -0.384. The molecular formula is C24H17FN2O5S2. The van der Waals surface area contributed by atoms with Gasteiger partial charge in [0.1, 0.15) is 12.4 Å². The summed E-state index contributed by atoms with van der Waals surface area (Å²) < 4.78 is 25.6. The number of amides is 1. The Hall–Kier alpha value is -3.76. The number of anilines is 1. The Morgan fingerprint density at radius 2 is 1.91 bits per heavy atom. The lowest BCUT2D eigenvalue weighted by Gasteiger charge is -2.15. The molecule has 0 saturated carbocycles. The van der Waals surface area contributed by atoms with Crippen molar-refractivity contribution >= 4 is 51.7 Å². The topological polar surface area (TPSA) is 81.9 Å². The molecule has 4 rings (SSSR count). The zero-order chi connectivity index (χ0) is 24.2. The van der Waals surface area contributed by atoms with Crippen LogP contribution in [-0.4, -0.2) is 22.3 Å². The van der Waals surface area contributed by atoms with Crippen LogP contribution in [0.3, 0.4) is 0 Å². The number of halogens is 1. The fourth-order valence-corrected chi connectivity index (χ4v) is 4.56. The highest BCUT2D eigenvalue weighted by atomic mass is 32.2. The van der Waals surface area contributed by atoms with Gasteiger partial charge in [-0.15, -0.1) is 0 Å². The first-order valence-corrected chi connectivity index (χ1v) is 11.2. The lowest BCUT2D eigenvalue weighted by atomic mass is 10.1. The highest BCUT2D eigenvalue weighted by molar-refractivity contribution is 8.27. The fourth-order valence-electron chi connectivity index (χ4n) is 3.27. The van der Waals surface area contributed by atoms with Gasteiger partial charge in [0.15, 0.2) is 15.8 Å². The van der Waals surface area contributed by atoms with Crippen LogP contribution < -0.4 is 14.4 Å². The number of nitro groups is 1. The summed E-state index contributed by atoms with van der Waals surface area (Å²) >= 11 is 6.39. The van der Waals surface area contributed by atoms with Gasteiger partial charge in [0.05, 0.1) is 22.6 Å². The Morgan fingerprint density at radius 1 is 1.12 bits per heavy atom. The van der Waals surface area contributed by atoms with Crippen LogP contribution in [0.25, 0.3) is 6.08 Å². The van der Waals surface area contributed by atoms with Crippen molar-refractivity contribution in [1.29, 1.82) is 0 Å². The number of rotatable bonds is 7. The second-order valence-corrected chi connectivity index (χ2v) is 8.77. The minimum atomic E-state index is -0.535. The second kappa shape index (κ2) is 10.0. The van der Waals surface area contributed by atoms with Crippen molar-refractivity contribution in [3.63, 3.8) is 0 Å². The number of benzene rings is 3. The van der Waals surface area contributed by atoms with Crippen LogP contribution >= 0.6 is 24.0 Å². The minimum absolute atomic E-state index is 0.0175. The molecule has 1 aliphatic heterocycles. The average Bonchev–Trinajstić information content (AvgIpc) is 3.11. The number of methoxy groups -OCH3 is 1. The van der Waals surface area contributed by atoms with E-state index in [9.17, 15) is 19.3 Å². The van der Waals surface area contributed by atoms with Gasteiger partial charge in [0, 0.05) is 12.1 Å². The molecule has 0 aromatic heterocycles. The minimum Gasteiger partial charge on any atom is -0.493 e. The highest BCUT2D eigenvalue weighted by Gasteiger charge is 2.34. The number of nitrogens with zero attached hydrogens (tertiary/aromatic N) is 2. The van der Waals surface area contributed by atoms with Crippen molar-refractivity contribution in [2.24, 2.45) is 0 Å². The molecule has 172 valence electrons. The molecule has 0 spiro atoms. The number of carbonyl (C=O) groups is 1. The molecule has 3 aromatic rings. The van der Waals surface area contributed by atoms with E-state index in [-0.39, 0.29) is 22.3 Å². The molecule has 1 saturated heterocycles. The third-order valence-electron chi connectivity index (χ3n) is 4.89. The van der Waals surface area contributed by atoms with Gasteiger partial charge in [0.2, 0.25) is 0 Å². The van der Waals surface area contributed by atoms with Gasteiger partial charge in [0.25, 0.3) is 11.6 Å². The first-order chi connectivity index (χ1) is 16.4. The molecule has 1 aliphatic rings. The molecule has 0 bridgehead atoms. The van der Waals surface area contributed by atoms with Gasteiger partial charge in [-0.05, 0) is 41.5 Å². The summed E-state index contributed by atoms with van der Waals surface area (Å²) in [4.78, 5) is 24.9. The number of thiocarbonyl (C=S) groups is 1. The quantitative estimate of drug-likeness (QED) is 0.179. The van der Waals surface area contributed by atoms with Crippen molar-refractivity contribution < 1.29 is 23.6 Å². The van der Waals surface area contributed by atoms with Crippen LogP contribution in [0.4, 0.5) is 15.8 Å². The Bertz CT molecular complexity index is 1330. The first kappa shape index (κ1) is 23.4. The first-order valence-electron chi connectivity index (χ1n) is 9.94. The third-order valence-corrected chi connectivity index (χ3v) is 6.19. The molecule has 0 aliphatic carbocycles. The van der Waals surface area contributed by atoms with E-state index >= 15 is 0 Å². The van der Waals surface area contributed by atoms with Crippen molar-refractivity contribution in [3.8, 4) is 11.5 Å². The zero-order valence-electron chi connectivity index (χ0n) is 17.8. The molecule has 1 heterocycles. The maximum atomic E-state index is 14.2. The smallest absolute Gasteiger partial charge is 0.270 e. The number of thioether (sulfide) groups is 1. The van der Waals surface area contributed by atoms with Crippen LogP contribution in [0.15, 0.2) is 71.6 Å². The Balaban J connectivity index is 1.53. The van der Waals surface area contributed by atoms with Gasteiger partial charge in [-0.2, -0.15) is 0 Å². The summed E-state index contributed by atoms with van der Waals surface area (Å²) in [5, 5.41) is 11.0. The van der Waals surface area contributed by atoms with E-state index in [0.29, 0.717) is 27.5 Å². The Labute approximate surface area is 203 Å². The molecule has 1 fully saturated rings. The van der Waals surface area contributed by atoms with E-state index in [2.05, 4.69) is 0 Å². The predicted octanol–water partition coefficient (Wildman–Crippen LogP) is 5.73. The highest BCUT2D eigenvalue weighted by Crippen LogP contribution is 2.38. The van der Waals surface area contributed by atoms with Crippen molar-refractivity contribution in [3.05, 3.63) is 98.7 Å². The summed E-state index contributed by atoms with van der Waals surface area (Å²) in [5.41, 5.74) is 1.39. The average molecular weight is 497 g/mol. The van der Waals surface area contributed by atoms with Gasteiger partial charge >= 0.3 is 0 Å². The molecular weight excluding hydrogens is 479 g/mol. The van der Waals surface area contributed by atoms with Gasteiger partial charge < -0.3 is 9.47 Å². The maximum absolute atomic E-state index is 14.2. The molecule has 7 nitrogen and oxygen atoms in total.